The fourth-order valence-electron chi connectivity index (χ4n) is 1.27. The average Bonchev–Trinajstić information content (AvgIpc) is 2.36. The molecule has 0 heterocycles. The highest BCUT2D eigenvalue weighted by Gasteiger charge is 2.11. The summed E-state index contributed by atoms with van der Waals surface area (Å²) >= 11 is 0. The van der Waals surface area contributed by atoms with Crippen LogP contribution in [0, 0.1) is 0 Å². The number of nitrogens with one attached hydrogen (secondary N) is 1. The van der Waals surface area contributed by atoms with Crippen LogP contribution in [0.1, 0.15) is 0 Å². The Hall–Kier alpha value is -2.64. The van der Waals surface area contributed by atoms with Crippen LogP contribution < -0.4 is 14.8 Å². The quantitative estimate of drug-likeness (QED) is 0.780. The first-order valence-electron chi connectivity index (χ1n) is 5.27. The van der Waals surface area contributed by atoms with Crippen LogP contribution in [-0.4, -0.2) is 30.7 Å². The Morgan fingerprint density at radius 3 is 2.55 bits per heavy atom. The maximum atomic E-state index is 12.2. The van der Waals surface area contributed by atoms with Crippen molar-refractivity contribution in [1.29, 1.82) is 0 Å². The van der Waals surface area contributed by atoms with Crippen LogP contribution in [0.2, 0.25) is 0 Å². The molecule has 0 fully saturated rings. The number of carboxylic acids is 1. The average molecular weight is 287 g/mol. The predicted molar refractivity (Wildman–Crippen MR) is 65.0 cm³/mol. The van der Waals surface area contributed by atoms with E-state index in [1.165, 1.54) is 19.2 Å². The molecule has 1 aromatic rings. The number of hydrogen-bond donors (Lipinski definition) is 2. The van der Waals surface area contributed by atoms with Crippen LogP contribution in [0.25, 0.3) is 0 Å². The molecule has 1 aromatic carbocycles. The Labute approximate surface area is 112 Å². The minimum atomic E-state index is -3.04. The zero-order valence-electron chi connectivity index (χ0n) is 10.3. The molecule has 20 heavy (non-hydrogen) atoms. The number of methoxy groups -OCH3 is 1. The number of amides is 1. The number of carboxylic acid groups (broad SMARTS) is 1. The third-order valence-corrected chi connectivity index (χ3v) is 2.02. The molecule has 0 radical (unpaired) electrons. The number of halogens is 2. The van der Waals surface area contributed by atoms with Gasteiger partial charge < -0.3 is 19.9 Å². The van der Waals surface area contributed by atoms with Crippen molar-refractivity contribution in [3.63, 3.8) is 0 Å². The minimum absolute atomic E-state index is 0.0735. The lowest BCUT2D eigenvalue weighted by atomic mass is 10.2. The largest absolute Gasteiger partial charge is 0.493 e. The second kappa shape index (κ2) is 7.07. The van der Waals surface area contributed by atoms with Crippen molar-refractivity contribution < 1.29 is 33.0 Å². The van der Waals surface area contributed by atoms with E-state index >= 15 is 0 Å². The van der Waals surface area contributed by atoms with Gasteiger partial charge in [0.05, 0.1) is 7.11 Å². The van der Waals surface area contributed by atoms with Crippen molar-refractivity contribution in [2.45, 2.75) is 6.61 Å². The maximum absolute atomic E-state index is 12.2. The van der Waals surface area contributed by atoms with Gasteiger partial charge in [0.2, 0.25) is 5.91 Å². The van der Waals surface area contributed by atoms with E-state index < -0.39 is 18.5 Å². The summed E-state index contributed by atoms with van der Waals surface area (Å²) in [6.07, 6.45) is 1.44. The maximum Gasteiger partial charge on any atom is 0.387 e. The first-order valence-corrected chi connectivity index (χ1v) is 5.27. The number of benzene rings is 1. The summed E-state index contributed by atoms with van der Waals surface area (Å²) in [4.78, 5) is 21.6. The number of aliphatic carboxylic acids is 1. The Balaban J connectivity index is 2.86. The normalized spacial score (nSPS) is 10.6. The van der Waals surface area contributed by atoms with E-state index in [4.69, 9.17) is 9.84 Å². The van der Waals surface area contributed by atoms with E-state index in [9.17, 15) is 18.4 Å². The first-order chi connectivity index (χ1) is 9.42. The summed E-state index contributed by atoms with van der Waals surface area (Å²) < 4.78 is 33.5. The molecule has 1 amide bonds. The molecule has 8 heteroatoms. The van der Waals surface area contributed by atoms with E-state index in [1.807, 2.05) is 0 Å². The molecule has 0 atom stereocenters. The highest BCUT2D eigenvalue weighted by Crippen LogP contribution is 2.31. The standard InChI is InChI=1S/C12H11F2NO5/c1-19-8-3-2-7(6-9(8)20-12(13)14)15-10(16)4-5-11(17)18/h2-6,12H,1H3,(H,15,16)(H,17,18)/b5-4+. The van der Waals surface area contributed by atoms with Crippen LogP contribution in [0.4, 0.5) is 14.5 Å². The van der Waals surface area contributed by atoms with Crippen molar-refractivity contribution in [1.82, 2.24) is 0 Å². The number of carbonyl (C=O) groups excluding carboxylic acids is 1. The van der Waals surface area contributed by atoms with E-state index in [0.29, 0.717) is 6.08 Å². The molecule has 0 aliphatic rings. The third kappa shape index (κ3) is 4.92. The molecule has 0 saturated heterocycles. The molecular formula is C12H11F2NO5. The molecule has 2 N–H and O–H groups in total. The topological polar surface area (TPSA) is 84.9 Å². The molecule has 1 rings (SSSR count). The van der Waals surface area contributed by atoms with E-state index in [2.05, 4.69) is 10.1 Å². The summed E-state index contributed by atoms with van der Waals surface area (Å²) in [5.41, 5.74) is 0.154. The second-order valence-electron chi connectivity index (χ2n) is 3.40. The van der Waals surface area contributed by atoms with Gasteiger partial charge in [-0.05, 0) is 12.1 Å². The van der Waals surface area contributed by atoms with Gasteiger partial charge in [0.25, 0.3) is 0 Å². The number of carbonyl (C=O) groups is 2. The van der Waals surface area contributed by atoms with Crippen molar-refractivity contribution in [3.8, 4) is 11.5 Å². The predicted octanol–water partition coefficient (Wildman–Crippen LogP) is 1.88. The molecule has 0 aliphatic heterocycles. The monoisotopic (exact) mass is 287 g/mol. The van der Waals surface area contributed by atoms with E-state index in [-0.39, 0.29) is 17.2 Å². The fraction of sp³-hybridized carbons (Fsp3) is 0.167. The van der Waals surface area contributed by atoms with Gasteiger partial charge in [-0.25, -0.2) is 4.79 Å². The summed E-state index contributed by atoms with van der Waals surface area (Å²) in [7, 11) is 1.28. The smallest absolute Gasteiger partial charge is 0.387 e. The zero-order chi connectivity index (χ0) is 15.1. The van der Waals surface area contributed by atoms with Crippen LogP contribution in [-0.2, 0) is 9.59 Å². The van der Waals surface area contributed by atoms with Gasteiger partial charge in [-0.15, -0.1) is 0 Å². The zero-order valence-corrected chi connectivity index (χ0v) is 10.3. The van der Waals surface area contributed by atoms with Gasteiger partial charge in [0.15, 0.2) is 11.5 Å². The van der Waals surface area contributed by atoms with Gasteiger partial charge in [0, 0.05) is 23.9 Å². The first kappa shape index (κ1) is 15.4. The summed E-state index contributed by atoms with van der Waals surface area (Å²) in [5, 5.41) is 10.6. The Morgan fingerprint density at radius 1 is 1.30 bits per heavy atom. The van der Waals surface area contributed by atoms with Crippen LogP contribution in [0.5, 0.6) is 11.5 Å². The number of alkyl halides is 2. The highest BCUT2D eigenvalue weighted by molar-refractivity contribution is 6.02. The lowest BCUT2D eigenvalue weighted by Gasteiger charge is -2.11. The summed E-state index contributed by atoms with van der Waals surface area (Å²) in [5.74, 6) is -2.18. The number of anilines is 1. The van der Waals surface area contributed by atoms with Crippen LogP contribution in [0.3, 0.4) is 0 Å². The molecule has 0 aromatic heterocycles. The molecule has 108 valence electrons. The van der Waals surface area contributed by atoms with E-state index in [1.54, 1.807) is 0 Å². The van der Waals surface area contributed by atoms with Gasteiger partial charge in [-0.1, -0.05) is 0 Å². The molecule has 0 bridgehead atoms. The molecular weight excluding hydrogens is 276 g/mol. The number of ether oxygens (including phenoxy) is 2. The van der Waals surface area contributed by atoms with Crippen LogP contribution >= 0.6 is 0 Å². The van der Waals surface area contributed by atoms with Crippen molar-refractivity contribution in [2.24, 2.45) is 0 Å². The van der Waals surface area contributed by atoms with Gasteiger partial charge in [0.1, 0.15) is 0 Å². The lowest BCUT2D eigenvalue weighted by molar-refractivity contribution is -0.131. The molecule has 0 spiro atoms. The third-order valence-electron chi connectivity index (χ3n) is 2.02. The van der Waals surface area contributed by atoms with Gasteiger partial charge in [-0.3, -0.25) is 4.79 Å². The van der Waals surface area contributed by atoms with Crippen molar-refractivity contribution in [3.05, 3.63) is 30.4 Å². The Morgan fingerprint density at radius 2 is 2.00 bits per heavy atom. The number of hydrogen-bond acceptors (Lipinski definition) is 4. The summed E-state index contributed by atoms with van der Waals surface area (Å²) in [6.45, 7) is -3.04. The molecule has 6 nitrogen and oxygen atoms in total. The minimum Gasteiger partial charge on any atom is -0.493 e. The lowest BCUT2D eigenvalue weighted by Crippen LogP contribution is -2.09. The molecule has 0 saturated carbocycles. The summed E-state index contributed by atoms with van der Waals surface area (Å²) in [6, 6.07) is 3.86. The SMILES string of the molecule is COc1ccc(NC(=O)/C=C/C(=O)O)cc1OC(F)F. The molecule has 0 aliphatic carbocycles. The number of rotatable bonds is 6. The Bertz CT molecular complexity index is 531. The molecule has 0 unspecified atom stereocenters. The fourth-order valence-corrected chi connectivity index (χ4v) is 1.27. The van der Waals surface area contributed by atoms with Crippen LogP contribution in [0.15, 0.2) is 30.4 Å². The second-order valence-corrected chi connectivity index (χ2v) is 3.40. The highest BCUT2D eigenvalue weighted by atomic mass is 19.3. The van der Waals surface area contributed by atoms with Gasteiger partial charge >= 0.3 is 12.6 Å². The van der Waals surface area contributed by atoms with E-state index in [0.717, 1.165) is 12.1 Å². The van der Waals surface area contributed by atoms with Crippen molar-refractivity contribution >= 4 is 17.6 Å². The van der Waals surface area contributed by atoms with Gasteiger partial charge in [-0.2, -0.15) is 8.78 Å². The Kier molecular flexibility index (Phi) is 5.45. The van der Waals surface area contributed by atoms with Crippen molar-refractivity contribution in [2.75, 3.05) is 12.4 Å².